The Bertz CT molecular complexity index is 534. The molecule has 0 atom stereocenters. The number of carbonyl (C=O) groups excluding carboxylic acids is 1. The molecule has 0 amide bonds. The highest BCUT2D eigenvalue weighted by Crippen LogP contribution is 2.31. The van der Waals surface area contributed by atoms with E-state index in [0.717, 1.165) is 20.2 Å². The van der Waals surface area contributed by atoms with Crippen molar-refractivity contribution in [1.29, 1.82) is 0 Å². The first-order chi connectivity index (χ1) is 8.69. The molecule has 2 rings (SSSR count). The molecular formula is C13H10BrNOS2. The predicted octanol–water partition coefficient (Wildman–Crippen LogP) is 4.34. The Balaban J connectivity index is 2.17. The highest BCUT2D eigenvalue weighted by molar-refractivity contribution is 9.10. The van der Waals surface area contributed by atoms with Crippen molar-refractivity contribution in [3.8, 4) is 0 Å². The van der Waals surface area contributed by atoms with Gasteiger partial charge >= 0.3 is 0 Å². The zero-order chi connectivity index (χ0) is 13.0. The zero-order valence-electron chi connectivity index (χ0n) is 9.43. The molecule has 0 aliphatic carbocycles. The molecular weight excluding hydrogens is 330 g/mol. The highest BCUT2D eigenvalue weighted by Gasteiger charge is 2.21. The quantitative estimate of drug-likeness (QED) is 0.606. The van der Waals surface area contributed by atoms with E-state index in [-0.39, 0.29) is 5.12 Å². The molecule has 1 aliphatic heterocycles. The van der Waals surface area contributed by atoms with Crippen LogP contribution in [0.15, 0.2) is 52.1 Å². The summed E-state index contributed by atoms with van der Waals surface area (Å²) in [6, 6.07) is 7.77. The van der Waals surface area contributed by atoms with E-state index in [1.165, 1.54) is 23.5 Å². The molecule has 1 aromatic rings. The molecule has 0 radical (unpaired) electrons. The van der Waals surface area contributed by atoms with Crippen molar-refractivity contribution < 1.29 is 4.79 Å². The predicted molar refractivity (Wildman–Crippen MR) is 84.8 cm³/mol. The maximum absolute atomic E-state index is 11.8. The third-order valence-corrected chi connectivity index (χ3v) is 4.63. The van der Waals surface area contributed by atoms with Gasteiger partial charge < -0.3 is 0 Å². The number of aliphatic imine (C=N–C) groups is 1. The Morgan fingerprint density at radius 3 is 2.78 bits per heavy atom. The first kappa shape index (κ1) is 13.6. The molecule has 5 heteroatoms. The van der Waals surface area contributed by atoms with Crippen LogP contribution in [0.3, 0.4) is 0 Å². The lowest BCUT2D eigenvalue weighted by Gasteiger charge is -1.94. The normalized spacial score (nSPS) is 17.1. The lowest BCUT2D eigenvalue weighted by atomic mass is 10.2. The number of benzene rings is 1. The summed E-state index contributed by atoms with van der Waals surface area (Å²) in [4.78, 5) is 16.1. The van der Waals surface area contributed by atoms with Gasteiger partial charge in [-0.25, -0.2) is 4.99 Å². The average Bonchev–Trinajstić information content (AvgIpc) is 2.70. The molecule has 1 heterocycles. The molecule has 0 bridgehead atoms. The number of hydrogen-bond donors (Lipinski definition) is 0. The van der Waals surface area contributed by atoms with E-state index >= 15 is 0 Å². The number of rotatable bonds is 3. The summed E-state index contributed by atoms with van der Waals surface area (Å²) in [5.41, 5.74) is 1.48. The maximum Gasteiger partial charge on any atom is 0.244 e. The van der Waals surface area contributed by atoms with Gasteiger partial charge in [-0.1, -0.05) is 45.9 Å². The van der Waals surface area contributed by atoms with E-state index in [4.69, 9.17) is 0 Å². The Morgan fingerprint density at radius 1 is 1.39 bits per heavy atom. The van der Waals surface area contributed by atoms with E-state index in [1.807, 2.05) is 30.3 Å². The Labute approximate surface area is 123 Å². The second kappa shape index (κ2) is 6.41. The zero-order valence-corrected chi connectivity index (χ0v) is 12.6. The number of thioether (sulfide) groups is 2. The van der Waals surface area contributed by atoms with Crippen LogP contribution in [0.4, 0.5) is 0 Å². The highest BCUT2D eigenvalue weighted by atomic mass is 79.9. The second-order valence-electron chi connectivity index (χ2n) is 3.45. The fourth-order valence-electron chi connectivity index (χ4n) is 1.30. The Hall–Kier alpha value is -0.780. The van der Waals surface area contributed by atoms with Crippen molar-refractivity contribution in [2.75, 3.05) is 5.75 Å². The van der Waals surface area contributed by atoms with Crippen molar-refractivity contribution in [1.82, 2.24) is 0 Å². The SMILES string of the molecule is C=CCSC1=NC(=Cc2ccc(Br)cc2)C(=O)S1. The van der Waals surface area contributed by atoms with Crippen LogP contribution in [0.5, 0.6) is 0 Å². The van der Waals surface area contributed by atoms with Gasteiger partial charge in [0.25, 0.3) is 0 Å². The lowest BCUT2D eigenvalue weighted by Crippen LogP contribution is -1.87. The van der Waals surface area contributed by atoms with Gasteiger partial charge in [0.15, 0.2) is 0 Å². The molecule has 0 aromatic heterocycles. The molecule has 18 heavy (non-hydrogen) atoms. The van der Waals surface area contributed by atoms with Crippen LogP contribution < -0.4 is 0 Å². The van der Waals surface area contributed by atoms with Crippen LogP contribution >= 0.6 is 39.5 Å². The molecule has 92 valence electrons. The molecule has 0 unspecified atom stereocenters. The summed E-state index contributed by atoms with van der Waals surface area (Å²) in [6.45, 7) is 3.65. The first-order valence-electron chi connectivity index (χ1n) is 5.21. The van der Waals surface area contributed by atoms with Crippen molar-refractivity contribution in [2.24, 2.45) is 4.99 Å². The van der Waals surface area contributed by atoms with Gasteiger partial charge in [-0.05, 0) is 35.5 Å². The summed E-state index contributed by atoms with van der Waals surface area (Å²) in [6.07, 6.45) is 3.61. The second-order valence-corrected chi connectivity index (χ2v) is 6.59. The molecule has 0 fully saturated rings. The smallest absolute Gasteiger partial charge is 0.244 e. The monoisotopic (exact) mass is 339 g/mol. The van der Waals surface area contributed by atoms with E-state index in [2.05, 4.69) is 27.5 Å². The minimum atomic E-state index is 0.00415. The van der Waals surface area contributed by atoms with Gasteiger partial charge in [0.1, 0.15) is 10.1 Å². The van der Waals surface area contributed by atoms with Gasteiger partial charge in [0, 0.05) is 10.2 Å². The first-order valence-corrected chi connectivity index (χ1v) is 7.80. The van der Waals surface area contributed by atoms with Crippen molar-refractivity contribution in [3.63, 3.8) is 0 Å². The molecule has 0 spiro atoms. The fourth-order valence-corrected chi connectivity index (χ4v) is 3.16. The summed E-state index contributed by atoms with van der Waals surface area (Å²) in [5.74, 6) is 0.769. The summed E-state index contributed by atoms with van der Waals surface area (Å²) in [5, 5.41) is 0.00415. The number of halogens is 1. The summed E-state index contributed by atoms with van der Waals surface area (Å²) in [7, 11) is 0. The Morgan fingerprint density at radius 2 is 2.11 bits per heavy atom. The van der Waals surface area contributed by atoms with Crippen LogP contribution in [-0.2, 0) is 4.79 Å². The van der Waals surface area contributed by atoms with Gasteiger partial charge in [0.05, 0.1) is 0 Å². The molecule has 1 aliphatic rings. The lowest BCUT2D eigenvalue weighted by molar-refractivity contribution is -0.107. The van der Waals surface area contributed by atoms with Crippen LogP contribution in [-0.4, -0.2) is 15.2 Å². The Kier molecular flexibility index (Phi) is 4.86. The molecule has 2 nitrogen and oxygen atoms in total. The fraction of sp³-hybridized carbons (Fsp3) is 0.0769. The van der Waals surface area contributed by atoms with E-state index in [0.29, 0.717) is 5.70 Å². The van der Waals surface area contributed by atoms with Crippen LogP contribution in [0, 0.1) is 0 Å². The van der Waals surface area contributed by atoms with Crippen molar-refractivity contribution in [3.05, 3.63) is 52.7 Å². The third-order valence-electron chi connectivity index (χ3n) is 2.10. The molecule has 0 saturated heterocycles. The van der Waals surface area contributed by atoms with E-state index in [9.17, 15) is 4.79 Å². The minimum absolute atomic E-state index is 0.00415. The van der Waals surface area contributed by atoms with Crippen molar-refractivity contribution >= 4 is 55.0 Å². The van der Waals surface area contributed by atoms with Gasteiger partial charge in [-0.2, -0.15) is 0 Å². The largest absolute Gasteiger partial charge is 0.279 e. The van der Waals surface area contributed by atoms with Gasteiger partial charge in [0.2, 0.25) is 5.12 Å². The van der Waals surface area contributed by atoms with Crippen LogP contribution in [0.2, 0.25) is 0 Å². The average molecular weight is 340 g/mol. The van der Waals surface area contributed by atoms with Crippen LogP contribution in [0.1, 0.15) is 5.56 Å². The maximum atomic E-state index is 11.8. The van der Waals surface area contributed by atoms with E-state index in [1.54, 1.807) is 6.08 Å². The van der Waals surface area contributed by atoms with Crippen molar-refractivity contribution in [2.45, 2.75) is 0 Å². The third kappa shape index (κ3) is 3.60. The molecule has 1 aromatic carbocycles. The summed E-state index contributed by atoms with van der Waals surface area (Å²) < 4.78 is 1.81. The minimum Gasteiger partial charge on any atom is -0.279 e. The number of hydrogen-bond acceptors (Lipinski definition) is 4. The van der Waals surface area contributed by atoms with Gasteiger partial charge in [-0.15, -0.1) is 6.58 Å². The standard InChI is InChI=1S/C13H10BrNOS2/c1-2-7-17-13-15-11(12(16)18-13)8-9-3-5-10(14)6-4-9/h2-6,8H,1,7H2. The topological polar surface area (TPSA) is 29.4 Å². The number of carbonyl (C=O) groups is 1. The summed E-state index contributed by atoms with van der Waals surface area (Å²) >= 11 is 6.09. The number of nitrogens with zero attached hydrogens (tertiary/aromatic N) is 1. The van der Waals surface area contributed by atoms with Crippen LogP contribution in [0.25, 0.3) is 6.08 Å². The molecule has 0 saturated carbocycles. The molecule has 0 N–H and O–H groups in total. The van der Waals surface area contributed by atoms with E-state index < -0.39 is 0 Å². The van der Waals surface area contributed by atoms with Gasteiger partial charge in [-0.3, -0.25) is 4.79 Å².